The maximum atomic E-state index is 10.7. The highest BCUT2D eigenvalue weighted by molar-refractivity contribution is 6.32. The van der Waals surface area contributed by atoms with Crippen molar-refractivity contribution in [3.63, 3.8) is 0 Å². The van der Waals surface area contributed by atoms with E-state index in [1.165, 1.54) is 12.1 Å². The highest BCUT2D eigenvalue weighted by atomic mass is 35.5. The summed E-state index contributed by atoms with van der Waals surface area (Å²) in [4.78, 5) is 10.3. The van der Waals surface area contributed by atoms with E-state index >= 15 is 0 Å². The van der Waals surface area contributed by atoms with E-state index in [1.54, 1.807) is 31.2 Å². The molecule has 20 heavy (non-hydrogen) atoms. The van der Waals surface area contributed by atoms with Gasteiger partial charge in [-0.25, -0.2) is 0 Å². The summed E-state index contributed by atoms with van der Waals surface area (Å²) < 4.78 is 5.59. The number of rotatable bonds is 4. The molecular weight excluding hydrogens is 282 g/mol. The molecular formula is C14H12ClNO4. The van der Waals surface area contributed by atoms with Gasteiger partial charge in [0.25, 0.3) is 5.69 Å². The maximum Gasteiger partial charge on any atom is 0.272 e. The normalized spacial score (nSPS) is 10.3. The van der Waals surface area contributed by atoms with E-state index in [4.69, 9.17) is 21.4 Å². The Balaban J connectivity index is 2.26. The van der Waals surface area contributed by atoms with Gasteiger partial charge in [-0.3, -0.25) is 10.1 Å². The summed E-state index contributed by atoms with van der Waals surface area (Å²) in [6.45, 7) is 1.54. The van der Waals surface area contributed by atoms with Gasteiger partial charge in [-0.05, 0) is 36.8 Å². The summed E-state index contributed by atoms with van der Waals surface area (Å²) in [6, 6.07) is 9.43. The van der Waals surface area contributed by atoms with Crippen molar-refractivity contribution < 1.29 is 14.8 Å². The number of nitrogens with zero attached hydrogens (tertiary/aromatic N) is 1. The molecule has 0 aliphatic heterocycles. The molecule has 0 aliphatic rings. The van der Waals surface area contributed by atoms with Gasteiger partial charge in [0, 0.05) is 11.6 Å². The fourth-order valence-corrected chi connectivity index (χ4v) is 1.99. The Morgan fingerprint density at radius 3 is 2.60 bits per heavy atom. The summed E-state index contributed by atoms with van der Waals surface area (Å²) in [5, 5.41) is 20.1. The fourth-order valence-electron chi connectivity index (χ4n) is 1.75. The van der Waals surface area contributed by atoms with Crippen LogP contribution in [-0.4, -0.2) is 10.0 Å². The number of benzene rings is 2. The first-order chi connectivity index (χ1) is 9.51. The highest BCUT2D eigenvalue weighted by Crippen LogP contribution is 2.32. The van der Waals surface area contributed by atoms with E-state index < -0.39 is 4.92 Å². The van der Waals surface area contributed by atoms with Crippen molar-refractivity contribution in [2.24, 2.45) is 0 Å². The summed E-state index contributed by atoms with van der Waals surface area (Å²) in [7, 11) is 0. The standard InChI is InChI=1S/C14H12ClNO4/c1-9-6-11(3-4-13(9)16(18)19)20-14-5-2-10(8-17)7-12(14)15/h2-7,17H,8H2,1H3. The molecule has 0 unspecified atom stereocenters. The molecule has 2 rings (SSSR count). The molecule has 0 aliphatic carbocycles. The van der Waals surface area contributed by atoms with Crippen molar-refractivity contribution in [3.8, 4) is 11.5 Å². The van der Waals surface area contributed by atoms with Crippen LogP contribution in [0.3, 0.4) is 0 Å². The molecule has 2 aromatic carbocycles. The van der Waals surface area contributed by atoms with E-state index in [1.807, 2.05) is 0 Å². The second kappa shape index (κ2) is 5.90. The number of aryl methyl sites for hydroxylation is 1. The van der Waals surface area contributed by atoms with Crippen molar-refractivity contribution in [2.45, 2.75) is 13.5 Å². The molecule has 5 nitrogen and oxygen atoms in total. The Labute approximate surface area is 120 Å². The predicted molar refractivity (Wildman–Crippen MR) is 75.3 cm³/mol. The van der Waals surface area contributed by atoms with E-state index in [9.17, 15) is 10.1 Å². The third kappa shape index (κ3) is 3.07. The van der Waals surface area contributed by atoms with Crippen molar-refractivity contribution in [2.75, 3.05) is 0 Å². The van der Waals surface area contributed by atoms with Gasteiger partial charge in [-0.2, -0.15) is 0 Å². The van der Waals surface area contributed by atoms with E-state index in [2.05, 4.69) is 0 Å². The number of nitro groups is 1. The topological polar surface area (TPSA) is 72.6 Å². The van der Waals surface area contributed by atoms with Crippen LogP contribution < -0.4 is 4.74 Å². The van der Waals surface area contributed by atoms with Crippen LogP contribution in [0.15, 0.2) is 36.4 Å². The number of hydrogen-bond acceptors (Lipinski definition) is 4. The lowest BCUT2D eigenvalue weighted by Gasteiger charge is -2.09. The molecule has 0 spiro atoms. The van der Waals surface area contributed by atoms with Crippen molar-refractivity contribution in [3.05, 3.63) is 62.7 Å². The summed E-state index contributed by atoms with van der Waals surface area (Å²) in [5.41, 5.74) is 1.23. The van der Waals surface area contributed by atoms with Crippen molar-refractivity contribution in [1.29, 1.82) is 0 Å². The van der Waals surface area contributed by atoms with Crippen LogP contribution in [0.5, 0.6) is 11.5 Å². The zero-order chi connectivity index (χ0) is 14.7. The molecule has 0 heterocycles. The largest absolute Gasteiger partial charge is 0.456 e. The first-order valence-electron chi connectivity index (χ1n) is 5.83. The third-order valence-electron chi connectivity index (χ3n) is 2.77. The van der Waals surface area contributed by atoms with Gasteiger partial charge >= 0.3 is 0 Å². The van der Waals surface area contributed by atoms with Gasteiger partial charge in [0.15, 0.2) is 0 Å². The number of halogens is 1. The van der Waals surface area contributed by atoms with Gasteiger partial charge in [0.05, 0.1) is 16.6 Å². The summed E-state index contributed by atoms with van der Waals surface area (Å²) >= 11 is 6.04. The number of aliphatic hydroxyl groups excluding tert-OH is 1. The van der Waals surface area contributed by atoms with Crippen molar-refractivity contribution >= 4 is 17.3 Å². The quantitative estimate of drug-likeness (QED) is 0.686. The van der Waals surface area contributed by atoms with Gasteiger partial charge in [0.1, 0.15) is 11.5 Å². The minimum Gasteiger partial charge on any atom is -0.456 e. The number of hydrogen-bond donors (Lipinski definition) is 1. The molecule has 0 aromatic heterocycles. The van der Waals surface area contributed by atoms with Crippen LogP contribution in [-0.2, 0) is 6.61 Å². The molecule has 0 saturated heterocycles. The number of aliphatic hydroxyl groups is 1. The third-order valence-corrected chi connectivity index (χ3v) is 3.07. The molecule has 0 bridgehead atoms. The molecule has 0 amide bonds. The first kappa shape index (κ1) is 14.3. The van der Waals surface area contributed by atoms with E-state index in [-0.39, 0.29) is 12.3 Å². The van der Waals surface area contributed by atoms with Crippen LogP contribution >= 0.6 is 11.6 Å². The molecule has 0 atom stereocenters. The predicted octanol–water partition coefficient (Wildman–Crippen LogP) is 3.84. The van der Waals surface area contributed by atoms with Crippen LogP contribution in [0.2, 0.25) is 5.02 Å². The summed E-state index contributed by atoms with van der Waals surface area (Å²) in [6.07, 6.45) is 0. The lowest BCUT2D eigenvalue weighted by molar-refractivity contribution is -0.385. The second-order valence-corrected chi connectivity index (χ2v) is 4.64. The molecule has 1 N–H and O–H groups in total. The number of nitro benzene ring substituents is 1. The molecule has 0 fully saturated rings. The zero-order valence-electron chi connectivity index (χ0n) is 10.7. The molecule has 2 aromatic rings. The van der Waals surface area contributed by atoms with E-state index in [0.717, 1.165) is 0 Å². The van der Waals surface area contributed by atoms with Gasteiger partial charge in [-0.1, -0.05) is 17.7 Å². The van der Waals surface area contributed by atoms with Crippen LogP contribution in [0.1, 0.15) is 11.1 Å². The monoisotopic (exact) mass is 293 g/mol. The highest BCUT2D eigenvalue weighted by Gasteiger charge is 2.12. The lowest BCUT2D eigenvalue weighted by Crippen LogP contribution is -1.93. The maximum absolute atomic E-state index is 10.7. The summed E-state index contributed by atoms with van der Waals surface area (Å²) in [5.74, 6) is 0.892. The first-order valence-corrected chi connectivity index (χ1v) is 6.21. The Bertz CT molecular complexity index is 658. The molecule has 104 valence electrons. The second-order valence-electron chi connectivity index (χ2n) is 4.23. The van der Waals surface area contributed by atoms with Crippen LogP contribution in [0, 0.1) is 17.0 Å². The minimum atomic E-state index is -0.442. The zero-order valence-corrected chi connectivity index (χ0v) is 11.4. The van der Waals surface area contributed by atoms with Crippen LogP contribution in [0.4, 0.5) is 5.69 Å². The van der Waals surface area contributed by atoms with Gasteiger partial charge < -0.3 is 9.84 Å². The Kier molecular flexibility index (Phi) is 4.22. The fraction of sp³-hybridized carbons (Fsp3) is 0.143. The smallest absolute Gasteiger partial charge is 0.272 e. The molecule has 6 heteroatoms. The minimum absolute atomic E-state index is 0.0408. The van der Waals surface area contributed by atoms with Gasteiger partial charge in [-0.15, -0.1) is 0 Å². The number of ether oxygens (including phenoxy) is 1. The SMILES string of the molecule is Cc1cc(Oc2ccc(CO)cc2Cl)ccc1[N+](=O)[O-]. The lowest BCUT2D eigenvalue weighted by atomic mass is 10.2. The Morgan fingerprint density at radius 2 is 2.05 bits per heavy atom. The Hall–Kier alpha value is -2.11. The average Bonchev–Trinajstić information content (AvgIpc) is 2.40. The Morgan fingerprint density at radius 1 is 1.30 bits per heavy atom. The molecule has 0 saturated carbocycles. The van der Waals surface area contributed by atoms with Gasteiger partial charge in [0.2, 0.25) is 0 Å². The van der Waals surface area contributed by atoms with E-state index in [0.29, 0.717) is 27.6 Å². The average molecular weight is 294 g/mol. The van der Waals surface area contributed by atoms with Crippen LogP contribution in [0.25, 0.3) is 0 Å². The van der Waals surface area contributed by atoms with Crippen molar-refractivity contribution in [1.82, 2.24) is 0 Å². The molecule has 0 radical (unpaired) electrons.